The maximum Gasteiger partial charge on any atom is 0.306 e. The number of rotatable bonds is 35. The molecule has 0 heterocycles. The highest BCUT2D eigenvalue weighted by atomic mass is 16.6. The van der Waals surface area contributed by atoms with Gasteiger partial charge in [-0.25, -0.2) is 0 Å². The van der Waals surface area contributed by atoms with Gasteiger partial charge in [-0.1, -0.05) is 109 Å². The van der Waals surface area contributed by atoms with Gasteiger partial charge in [0.2, 0.25) is 0 Å². The first kappa shape index (κ1) is 46.8. The standard InChI is InChI=1S/C41H75NO7/c1-6-8-10-12-14-16-18-20-22-24-26-28-30-32-40(44)49-37(35-47-34-33-38(41(45)46)42(3,4)5)36-48-39(43)31-29-27-25-23-21-19-17-15-13-11-9-7-2/h15-18,37-38H,6-14,19-36H2,1-5H3/b17-15-,18-16-. The van der Waals surface area contributed by atoms with Gasteiger partial charge < -0.3 is 28.6 Å². The summed E-state index contributed by atoms with van der Waals surface area (Å²) in [5.41, 5.74) is 0. The van der Waals surface area contributed by atoms with Crippen molar-refractivity contribution in [3.05, 3.63) is 24.3 Å². The average molecular weight is 694 g/mol. The Morgan fingerprint density at radius 2 is 1.02 bits per heavy atom. The third-order valence-electron chi connectivity index (χ3n) is 8.81. The number of unbranched alkanes of at least 4 members (excludes halogenated alkanes) is 17. The zero-order chi connectivity index (χ0) is 36.4. The first-order valence-electron chi connectivity index (χ1n) is 19.9. The molecule has 0 bridgehead atoms. The maximum absolute atomic E-state index is 12.6. The summed E-state index contributed by atoms with van der Waals surface area (Å²) in [6, 6.07) is -0.725. The maximum atomic E-state index is 12.6. The minimum Gasteiger partial charge on any atom is -0.544 e. The molecule has 0 saturated carbocycles. The van der Waals surface area contributed by atoms with Gasteiger partial charge in [0, 0.05) is 19.3 Å². The lowest BCUT2D eigenvalue weighted by Crippen LogP contribution is -2.55. The van der Waals surface area contributed by atoms with E-state index in [9.17, 15) is 19.5 Å². The van der Waals surface area contributed by atoms with Gasteiger partial charge in [0.15, 0.2) is 6.10 Å². The van der Waals surface area contributed by atoms with Gasteiger partial charge in [-0.3, -0.25) is 9.59 Å². The summed E-state index contributed by atoms with van der Waals surface area (Å²) >= 11 is 0. The number of carboxylic acid groups (broad SMARTS) is 1. The molecule has 0 N–H and O–H groups in total. The van der Waals surface area contributed by atoms with Crippen molar-refractivity contribution in [2.24, 2.45) is 0 Å². The molecular weight excluding hydrogens is 618 g/mol. The Morgan fingerprint density at radius 1 is 0.592 bits per heavy atom. The van der Waals surface area contributed by atoms with Gasteiger partial charge in [0.05, 0.1) is 40.3 Å². The van der Waals surface area contributed by atoms with E-state index in [1.807, 2.05) is 0 Å². The minimum absolute atomic E-state index is 0.0368. The third kappa shape index (κ3) is 31.5. The summed E-state index contributed by atoms with van der Waals surface area (Å²) in [6.45, 7) is 4.59. The average Bonchev–Trinajstić information content (AvgIpc) is 3.05. The van der Waals surface area contributed by atoms with Crippen molar-refractivity contribution in [3.8, 4) is 0 Å². The number of allylic oxidation sites excluding steroid dienone is 4. The summed E-state index contributed by atoms with van der Waals surface area (Å²) in [5.74, 6) is -1.76. The van der Waals surface area contributed by atoms with E-state index in [1.54, 1.807) is 21.1 Å². The highest BCUT2D eigenvalue weighted by molar-refractivity contribution is 5.70. The molecule has 0 aromatic carbocycles. The number of hydrogen-bond donors (Lipinski definition) is 0. The first-order chi connectivity index (χ1) is 23.6. The second-order valence-corrected chi connectivity index (χ2v) is 14.5. The molecule has 8 nitrogen and oxygen atoms in total. The smallest absolute Gasteiger partial charge is 0.306 e. The van der Waals surface area contributed by atoms with Crippen molar-refractivity contribution >= 4 is 17.9 Å². The van der Waals surface area contributed by atoms with E-state index in [1.165, 1.54) is 70.6 Å². The number of aliphatic carboxylic acids is 1. The molecule has 49 heavy (non-hydrogen) atoms. The number of hydrogen-bond acceptors (Lipinski definition) is 7. The SMILES string of the molecule is CCCCC/C=C\CCCCCCCC(=O)OCC(COCCC(C(=O)[O-])[N+](C)(C)C)OC(=O)CCCCCCC/C=C\CCCCCC. The molecule has 0 radical (unpaired) electrons. The topological polar surface area (TPSA) is 102 Å². The van der Waals surface area contributed by atoms with Crippen LogP contribution in [0.5, 0.6) is 0 Å². The fourth-order valence-electron chi connectivity index (χ4n) is 5.65. The molecule has 8 heteroatoms. The van der Waals surface area contributed by atoms with Crippen molar-refractivity contribution in [3.63, 3.8) is 0 Å². The Hall–Kier alpha value is -2.19. The van der Waals surface area contributed by atoms with Crippen molar-refractivity contribution < 1.29 is 38.2 Å². The van der Waals surface area contributed by atoms with E-state index >= 15 is 0 Å². The molecule has 0 aliphatic carbocycles. The predicted octanol–water partition coefficient (Wildman–Crippen LogP) is 8.80. The first-order valence-corrected chi connectivity index (χ1v) is 19.9. The Morgan fingerprint density at radius 3 is 1.51 bits per heavy atom. The molecular formula is C41H75NO7. The largest absolute Gasteiger partial charge is 0.544 e. The monoisotopic (exact) mass is 694 g/mol. The predicted molar refractivity (Wildman–Crippen MR) is 199 cm³/mol. The summed E-state index contributed by atoms with van der Waals surface area (Å²) < 4.78 is 17.1. The number of carboxylic acids is 1. The summed E-state index contributed by atoms with van der Waals surface area (Å²) in [4.78, 5) is 36.7. The van der Waals surface area contributed by atoms with Gasteiger partial charge in [-0.15, -0.1) is 0 Å². The number of carbonyl (C=O) groups is 3. The Kier molecular flexibility index (Phi) is 31.5. The lowest BCUT2D eigenvalue weighted by atomic mass is 10.1. The van der Waals surface area contributed by atoms with Crippen LogP contribution >= 0.6 is 0 Å². The highest BCUT2D eigenvalue weighted by Gasteiger charge is 2.25. The lowest BCUT2D eigenvalue weighted by Gasteiger charge is -2.34. The van der Waals surface area contributed by atoms with Gasteiger partial charge >= 0.3 is 11.9 Å². The zero-order valence-electron chi connectivity index (χ0n) is 32.4. The number of nitrogens with zero attached hydrogens (tertiary/aromatic N) is 1. The van der Waals surface area contributed by atoms with E-state index in [0.29, 0.717) is 12.8 Å². The summed E-state index contributed by atoms with van der Waals surface area (Å²) in [5, 5.41) is 11.6. The van der Waals surface area contributed by atoms with Crippen molar-refractivity contribution in [1.29, 1.82) is 0 Å². The van der Waals surface area contributed by atoms with Crippen LogP contribution in [0, 0.1) is 0 Å². The molecule has 2 unspecified atom stereocenters. The van der Waals surface area contributed by atoms with Crippen LogP contribution in [0.2, 0.25) is 0 Å². The molecule has 0 rings (SSSR count). The van der Waals surface area contributed by atoms with Crippen molar-refractivity contribution in [1.82, 2.24) is 0 Å². The van der Waals surface area contributed by atoms with Crippen molar-refractivity contribution in [2.75, 3.05) is 41.0 Å². The number of esters is 2. The number of quaternary nitrogens is 1. The van der Waals surface area contributed by atoms with Crippen LogP contribution in [0.4, 0.5) is 0 Å². The fraction of sp³-hybridized carbons (Fsp3) is 0.829. The van der Waals surface area contributed by atoms with E-state index in [2.05, 4.69) is 38.2 Å². The quantitative estimate of drug-likeness (QED) is 0.0283. The number of ether oxygens (including phenoxy) is 3. The normalized spacial score (nSPS) is 13.2. The van der Waals surface area contributed by atoms with Crippen LogP contribution in [0.15, 0.2) is 24.3 Å². The Labute approximate surface area is 301 Å². The van der Waals surface area contributed by atoms with E-state index < -0.39 is 18.1 Å². The minimum atomic E-state index is -1.13. The van der Waals surface area contributed by atoms with Crippen LogP contribution < -0.4 is 5.11 Å². The number of carbonyl (C=O) groups excluding carboxylic acids is 3. The van der Waals surface area contributed by atoms with E-state index in [-0.39, 0.29) is 42.7 Å². The molecule has 286 valence electrons. The second-order valence-electron chi connectivity index (χ2n) is 14.5. The fourth-order valence-corrected chi connectivity index (χ4v) is 5.65. The van der Waals surface area contributed by atoms with Crippen LogP contribution in [-0.4, -0.2) is 75.5 Å². The molecule has 0 fully saturated rings. The second kappa shape index (κ2) is 33.0. The van der Waals surface area contributed by atoms with Gasteiger partial charge in [-0.05, 0) is 64.2 Å². The molecule has 0 aliphatic heterocycles. The van der Waals surface area contributed by atoms with E-state index in [0.717, 1.165) is 64.2 Å². The Balaban J connectivity index is 4.43. The van der Waals surface area contributed by atoms with Crippen LogP contribution in [0.3, 0.4) is 0 Å². The Bertz CT molecular complexity index is 864. The molecule has 0 aromatic rings. The van der Waals surface area contributed by atoms with Crippen LogP contribution in [0.1, 0.15) is 168 Å². The number of likely N-dealkylation sites (N-methyl/N-ethyl adjacent to an activating group) is 1. The molecule has 0 spiro atoms. The van der Waals surface area contributed by atoms with Crippen LogP contribution in [-0.2, 0) is 28.6 Å². The van der Waals surface area contributed by atoms with Crippen LogP contribution in [0.25, 0.3) is 0 Å². The van der Waals surface area contributed by atoms with Crippen molar-refractivity contribution in [2.45, 2.75) is 180 Å². The third-order valence-corrected chi connectivity index (χ3v) is 8.81. The molecule has 0 aromatic heterocycles. The van der Waals surface area contributed by atoms with Gasteiger partial charge in [-0.2, -0.15) is 0 Å². The van der Waals surface area contributed by atoms with E-state index in [4.69, 9.17) is 14.2 Å². The summed E-state index contributed by atoms with van der Waals surface area (Å²) in [7, 11) is 5.39. The molecule has 0 amide bonds. The molecule has 0 aliphatic rings. The zero-order valence-corrected chi connectivity index (χ0v) is 32.4. The highest BCUT2D eigenvalue weighted by Crippen LogP contribution is 2.13. The summed E-state index contributed by atoms with van der Waals surface area (Å²) in [6.07, 6.45) is 33.4. The van der Waals surface area contributed by atoms with Gasteiger partial charge in [0.1, 0.15) is 12.6 Å². The molecule has 0 saturated heterocycles. The molecule has 2 atom stereocenters. The lowest BCUT2D eigenvalue weighted by molar-refractivity contribution is -0.889. The van der Waals surface area contributed by atoms with Gasteiger partial charge in [0.25, 0.3) is 0 Å².